The first-order valence-corrected chi connectivity index (χ1v) is 5.25. The zero-order valence-corrected chi connectivity index (χ0v) is 10.5. The molecule has 1 aromatic carbocycles. The van der Waals surface area contributed by atoms with Crippen LogP contribution in [0.2, 0.25) is 0 Å². The van der Waals surface area contributed by atoms with Crippen molar-refractivity contribution in [2.75, 3.05) is 0 Å². The van der Waals surface area contributed by atoms with Gasteiger partial charge < -0.3 is 15.9 Å². The van der Waals surface area contributed by atoms with Crippen LogP contribution >= 0.6 is 12.4 Å². The molecular formula is C12H18ClNO3. The molecular weight excluding hydrogens is 242 g/mol. The fraction of sp³-hybridized carbons (Fsp3) is 0.417. The molecule has 0 aliphatic rings. The summed E-state index contributed by atoms with van der Waals surface area (Å²) < 4.78 is 0. The Labute approximate surface area is 107 Å². The minimum Gasteiger partial charge on any atom is -0.508 e. The van der Waals surface area contributed by atoms with E-state index in [1.165, 1.54) is 0 Å². The predicted molar refractivity (Wildman–Crippen MR) is 68.5 cm³/mol. The Morgan fingerprint density at radius 1 is 1.35 bits per heavy atom. The maximum Gasteiger partial charge on any atom is 0.306 e. The molecule has 1 rings (SSSR count). The van der Waals surface area contributed by atoms with Gasteiger partial charge >= 0.3 is 5.97 Å². The van der Waals surface area contributed by atoms with Gasteiger partial charge in [-0.3, -0.25) is 4.79 Å². The summed E-state index contributed by atoms with van der Waals surface area (Å²) in [7, 11) is 0. The third-order valence-electron chi connectivity index (χ3n) is 2.51. The van der Waals surface area contributed by atoms with Gasteiger partial charge in [-0.2, -0.15) is 0 Å². The van der Waals surface area contributed by atoms with E-state index in [9.17, 15) is 4.79 Å². The summed E-state index contributed by atoms with van der Waals surface area (Å²) in [5.74, 6) is -1.02. The van der Waals surface area contributed by atoms with Gasteiger partial charge in [-0.1, -0.05) is 19.1 Å². The summed E-state index contributed by atoms with van der Waals surface area (Å²) in [5, 5.41) is 17.8. The smallest absolute Gasteiger partial charge is 0.306 e. The Hall–Kier alpha value is -1.26. The lowest BCUT2D eigenvalue weighted by molar-refractivity contribution is -0.141. The SMILES string of the molecule is C[C@H](C[C@@H](N)Cc1ccc(O)cc1)C(=O)O.Cl. The van der Waals surface area contributed by atoms with E-state index in [1.807, 2.05) is 0 Å². The fourth-order valence-electron chi connectivity index (χ4n) is 1.57. The lowest BCUT2D eigenvalue weighted by atomic mass is 9.97. The Morgan fingerprint density at radius 3 is 2.35 bits per heavy atom. The van der Waals surface area contributed by atoms with E-state index >= 15 is 0 Å². The average molecular weight is 260 g/mol. The molecule has 0 unspecified atom stereocenters. The van der Waals surface area contributed by atoms with Crippen molar-refractivity contribution < 1.29 is 15.0 Å². The predicted octanol–water partition coefficient (Wildman–Crippen LogP) is 1.79. The number of hydrogen-bond donors (Lipinski definition) is 3. The molecule has 0 fully saturated rings. The lowest BCUT2D eigenvalue weighted by Gasteiger charge is -2.14. The van der Waals surface area contributed by atoms with Crippen molar-refractivity contribution in [2.45, 2.75) is 25.8 Å². The van der Waals surface area contributed by atoms with Gasteiger partial charge in [0, 0.05) is 6.04 Å². The van der Waals surface area contributed by atoms with Crippen LogP contribution in [0.15, 0.2) is 24.3 Å². The van der Waals surface area contributed by atoms with Crippen molar-refractivity contribution in [2.24, 2.45) is 11.7 Å². The summed E-state index contributed by atoms with van der Waals surface area (Å²) in [5.41, 5.74) is 6.86. The zero-order valence-electron chi connectivity index (χ0n) is 9.67. The highest BCUT2D eigenvalue weighted by Gasteiger charge is 2.15. The number of rotatable bonds is 5. The molecule has 0 aromatic heterocycles. The summed E-state index contributed by atoms with van der Waals surface area (Å²) in [6.07, 6.45) is 1.08. The van der Waals surface area contributed by atoms with Crippen LogP contribution in [-0.4, -0.2) is 22.2 Å². The quantitative estimate of drug-likeness (QED) is 0.753. The Kier molecular flexibility index (Phi) is 6.61. The molecule has 2 atom stereocenters. The first kappa shape index (κ1) is 15.7. The molecule has 0 aliphatic carbocycles. The number of aromatic hydroxyl groups is 1. The number of carboxylic acids is 1. The third kappa shape index (κ3) is 5.56. The second-order valence-electron chi connectivity index (χ2n) is 4.11. The van der Waals surface area contributed by atoms with Gasteiger partial charge in [0.15, 0.2) is 0 Å². The van der Waals surface area contributed by atoms with Gasteiger partial charge in [0.25, 0.3) is 0 Å². The summed E-state index contributed by atoms with van der Waals surface area (Å²) in [4.78, 5) is 10.6. The van der Waals surface area contributed by atoms with Crippen molar-refractivity contribution in [1.29, 1.82) is 0 Å². The molecule has 0 radical (unpaired) electrons. The Morgan fingerprint density at radius 2 is 1.88 bits per heavy atom. The molecule has 96 valence electrons. The van der Waals surface area contributed by atoms with Crippen LogP contribution in [0.25, 0.3) is 0 Å². The van der Waals surface area contributed by atoms with Crippen LogP contribution in [0, 0.1) is 5.92 Å². The molecule has 17 heavy (non-hydrogen) atoms. The molecule has 4 nitrogen and oxygen atoms in total. The fourth-order valence-corrected chi connectivity index (χ4v) is 1.57. The number of aliphatic carboxylic acids is 1. The van der Waals surface area contributed by atoms with Gasteiger partial charge in [0.1, 0.15) is 5.75 Å². The molecule has 1 aromatic rings. The van der Waals surface area contributed by atoms with E-state index in [-0.39, 0.29) is 24.2 Å². The largest absolute Gasteiger partial charge is 0.508 e. The normalized spacial score (nSPS) is 13.5. The van der Waals surface area contributed by atoms with Crippen LogP contribution in [0.5, 0.6) is 5.75 Å². The van der Waals surface area contributed by atoms with E-state index < -0.39 is 11.9 Å². The molecule has 0 bridgehead atoms. The van der Waals surface area contributed by atoms with Gasteiger partial charge in [-0.25, -0.2) is 0 Å². The van der Waals surface area contributed by atoms with Gasteiger partial charge in [-0.05, 0) is 30.5 Å². The second kappa shape index (κ2) is 7.14. The van der Waals surface area contributed by atoms with Crippen molar-refractivity contribution in [3.63, 3.8) is 0 Å². The molecule has 4 N–H and O–H groups in total. The highest BCUT2D eigenvalue weighted by molar-refractivity contribution is 5.85. The molecule has 5 heteroatoms. The van der Waals surface area contributed by atoms with Crippen LogP contribution in [-0.2, 0) is 11.2 Å². The molecule has 0 heterocycles. The minimum absolute atomic E-state index is 0. The Bertz CT molecular complexity index is 353. The van der Waals surface area contributed by atoms with Crippen LogP contribution in [0.3, 0.4) is 0 Å². The first-order chi connectivity index (χ1) is 7.49. The van der Waals surface area contributed by atoms with Gasteiger partial charge in [0.05, 0.1) is 5.92 Å². The van der Waals surface area contributed by atoms with Crippen molar-refractivity contribution >= 4 is 18.4 Å². The van der Waals surface area contributed by atoms with Crippen LogP contribution < -0.4 is 5.73 Å². The Balaban J connectivity index is 0.00000256. The van der Waals surface area contributed by atoms with E-state index in [0.717, 1.165) is 5.56 Å². The van der Waals surface area contributed by atoms with E-state index in [2.05, 4.69) is 0 Å². The highest BCUT2D eigenvalue weighted by atomic mass is 35.5. The van der Waals surface area contributed by atoms with Crippen molar-refractivity contribution in [1.82, 2.24) is 0 Å². The summed E-state index contributed by atoms with van der Waals surface area (Å²) >= 11 is 0. The van der Waals surface area contributed by atoms with E-state index in [1.54, 1.807) is 31.2 Å². The number of nitrogens with two attached hydrogens (primary N) is 1. The summed E-state index contributed by atoms with van der Waals surface area (Å²) in [6.45, 7) is 1.65. The number of hydrogen-bond acceptors (Lipinski definition) is 3. The topological polar surface area (TPSA) is 83.5 Å². The van der Waals surface area contributed by atoms with Crippen molar-refractivity contribution in [3.05, 3.63) is 29.8 Å². The van der Waals surface area contributed by atoms with Crippen LogP contribution in [0.4, 0.5) is 0 Å². The van der Waals surface area contributed by atoms with Crippen molar-refractivity contribution in [3.8, 4) is 5.75 Å². The maximum atomic E-state index is 10.6. The first-order valence-electron chi connectivity index (χ1n) is 5.25. The standard InChI is InChI=1S/C12H17NO3.ClH/c1-8(12(15)16)6-10(13)7-9-2-4-11(14)5-3-9;/h2-5,8,10,14H,6-7,13H2,1H3,(H,15,16);1H/t8-,10-;/m1./s1. The molecule has 0 amide bonds. The molecule has 0 saturated heterocycles. The molecule has 0 spiro atoms. The highest BCUT2D eigenvalue weighted by Crippen LogP contribution is 2.13. The number of phenolic OH excluding ortho intramolecular Hbond substituents is 1. The van der Waals surface area contributed by atoms with E-state index in [0.29, 0.717) is 12.8 Å². The lowest BCUT2D eigenvalue weighted by Crippen LogP contribution is -2.28. The molecule has 0 saturated carbocycles. The van der Waals surface area contributed by atoms with Gasteiger partial charge in [0.2, 0.25) is 0 Å². The van der Waals surface area contributed by atoms with Gasteiger partial charge in [-0.15, -0.1) is 12.4 Å². The monoisotopic (exact) mass is 259 g/mol. The number of benzene rings is 1. The second-order valence-corrected chi connectivity index (χ2v) is 4.11. The minimum atomic E-state index is -0.818. The summed E-state index contributed by atoms with van der Waals surface area (Å²) in [6, 6.07) is 6.61. The third-order valence-corrected chi connectivity index (χ3v) is 2.51. The number of carboxylic acid groups (broad SMARTS) is 1. The number of phenols is 1. The van der Waals surface area contributed by atoms with E-state index in [4.69, 9.17) is 15.9 Å². The molecule has 0 aliphatic heterocycles. The number of carbonyl (C=O) groups is 1. The van der Waals surface area contributed by atoms with Crippen LogP contribution in [0.1, 0.15) is 18.9 Å². The maximum absolute atomic E-state index is 10.6. The average Bonchev–Trinajstić information content (AvgIpc) is 2.21. The number of halogens is 1. The zero-order chi connectivity index (χ0) is 12.1.